The van der Waals surface area contributed by atoms with Gasteiger partial charge in [-0.2, -0.15) is 4.73 Å². The molecule has 1 atom stereocenters. The van der Waals surface area contributed by atoms with Gasteiger partial charge in [0.05, 0.1) is 25.3 Å². The Balaban J connectivity index is 1.60. The van der Waals surface area contributed by atoms with Crippen molar-refractivity contribution in [2.24, 2.45) is 0 Å². The maximum atomic E-state index is 11.9. The van der Waals surface area contributed by atoms with E-state index in [0.29, 0.717) is 23.6 Å². The van der Waals surface area contributed by atoms with Crippen LogP contribution in [0.5, 0.6) is 5.75 Å². The first-order valence-electron chi connectivity index (χ1n) is 7.92. The lowest BCUT2D eigenvalue weighted by Gasteiger charge is -2.23. The molecule has 0 amide bonds. The molecule has 3 rings (SSSR count). The number of nitrogens with zero attached hydrogens (tertiary/aromatic N) is 1. The summed E-state index contributed by atoms with van der Waals surface area (Å²) in [5, 5.41) is 4.04. The molecule has 124 valence electrons. The Labute approximate surface area is 134 Å². The smallest absolute Gasteiger partial charge is 0.189 e. The van der Waals surface area contributed by atoms with Crippen LogP contribution in [0, 0.1) is 0 Å². The zero-order valence-electron chi connectivity index (χ0n) is 13.3. The van der Waals surface area contributed by atoms with Crippen molar-refractivity contribution in [2.45, 2.75) is 18.9 Å². The van der Waals surface area contributed by atoms with E-state index < -0.39 is 0 Å². The third-order valence-corrected chi connectivity index (χ3v) is 3.99. The number of benzene rings is 1. The molecule has 6 nitrogen and oxygen atoms in total. The summed E-state index contributed by atoms with van der Waals surface area (Å²) in [7, 11) is 1.57. The van der Waals surface area contributed by atoms with Crippen LogP contribution >= 0.6 is 0 Å². The van der Waals surface area contributed by atoms with Gasteiger partial charge in [0.2, 0.25) is 0 Å². The Kier molecular flexibility index (Phi) is 5.15. The van der Waals surface area contributed by atoms with E-state index in [9.17, 15) is 4.79 Å². The van der Waals surface area contributed by atoms with Crippen LogP contribution in [0.3, 0.4) is 0 Å². The minimum Gasteiger partial charge on any atom is -0.494 e. The predicted octanol–water partition coefficient (Wildman–Crippen LogP) is 1.21. The maximum Gasteiger partial charge on any atom is 0.189 e. The molecule has 23 heavy (non-hydrogen) atoms. The van der Waals surface area contributed by atoms with E-state index in [1.807, 2.05) is 12.1 Å². The summed E-state index contributed by atoms with van der Waals surface area (Å²) in [5.41, 5.74) is 0.683. The number of rotatable bonds is 6. The minimum atomic E-state index is -0.0248. The predicted molar refractivity (Wildman–Crippen MR) is 88.1 cm³/mol. The van der Waals surface area contributed by atoms with Crippen molar-refractivity contribution in [1.29, 1.82) is 0 Å². The first-order valence-corrected chi connectivity index (χ1v) is 7.92. The third-order valence-electron chi connectivity index (χ3n) is 3.99. The summed E-state index contributed by atoms with van der Waals surface area (Å²) in [4.78, 5) is 17.1. The number of fused-ring (bicyclic) bond motifs is 1. The molecule has 0 saturated carbocycles. The average molecular weight is 318 g/mol. The molecule has 0 radical (unpaired) electrons. The molecule has 1 fully saturated rings. The van der Waals surface area contributed by atoms with E-state index in [-0.39, 0.29) is 5.43 Å². The first-order chi connectivity index (χ1) is 11.3. The molecule has 1 unspecified atom stereocenters. The summed E-state index contributed by atoms with van der Waals surface area (Å²) in [6, 6.07) is 7.35. The van der Waals surface area contributed by atoms with Gasteiger partial charge in [0.25, 0.3) is 0 Å². The molecule has 0 aliphatic carbocycles. The van der Waals surface area contributed by atoms with E-state index in [0.717, 1.165) is 38.3 Å². The van der Waals surface area contributed by atoms with Crippen LogP contribution in [0.4, 0.5) is 0 Å². The van der Waals surface area contributed by atoms with Crippen LogP contribution in [0.2, 0.25) is 0 Å². The van der Waals surface area contributed by atoms with Crippen molar-refractivity contribution in [3.8, 4) is 5.75 Å². The van der Waals surface area contributed by atoms with Crippen molar-refractivity contribution in [3.63, 3.8) is 0 Å². The second-order valence-electron chi connectivity index (χ2n) is 5.58. The van der Waals surface area contributed by atoms with Crippen LogP contribution in [0.1, 0.15) is 12.8 Å². The highest BCUT2D eigenvalue weighted by molar-refractivity contribution is 5.80. The van der Waals surface area contributed by atoms with Gasteiger partial charge in [0.15, 0.2) is 5.43 Å². The molecule has 6 heteroatoms. The number of aromatic nitrogens is 1. The number of pyridine rings is 1. The minimum absolute atomic E-state index is 0.0248. The summed E-state index contributed by atoms with van der Waals surface area (Å²) < 4.78 is 12.8. The van der Waals surface area contributed by atoms with Crippen molar-refractivity contribution in [1.82, 2.24) is 10.0 Å². The molecule has 1 aromatic heterocycles. The molecule has 1 aliphatic heterocycles. The summed E-state index contributed by atoms with van der Waals surface area (Å²) in [6.07, 6.45) is 3.59. The average Bonchev–Trinajstić information content (AvgIpc) is 2.60. The summed E-state index contributed by atoms with van der Waals surface area (Å²) >= 11 is 0. The third kappa shape index (κ3) is 3.83. The normalized spacial score (nSPS) is 18.0. The Morgan fingerprint density at radius 3 is 3.09 bits per heavy atom. The zero-order chi connectivity index (χ0) is 16.1. The van der Waals surface area contributed by atoms with E-state index in [4.69, 9.17) is 14.3 Å². The van der Waals surface area contributed by atoms with Crippen LogP contribution in [0.15, 0.2) is 35.3 Å². The van der Waals surface area contributed by atoms with Crippen molar-refractivity contribution in [3.05, 3.63) is 40.7 Å². The summed E-state index contributed by atoms with van der Waals surface area (Å²) in [5.74, 6) is 0.738. The van der Waals surface area contributed by atoms with Gasteiger partial charge in [-0.3, -0.25) is 4.79 Å². The molecule has 1 N–H and O–H groups in total. The van der Waals surface area contributed by atoms with Gasteiger partial charge in [-0.25, -0.2) is 0 Å². The Hall–Kier alpha value is -2.05. The van der Waals surface area contributed by atoms with Gasteiger partial charge in [-0.1, -0.05) is 0 Å². The number of morpholine rings is 1. The molecule has 1 saturated heterocycles. The maximum absolute atomic E-state index is 11.9. The fourth-order valence-corrected chi connectivity index (χ4v) is 2.78. The van der Waals surface area contributed by atoms with Gasteiger partial charge >= 0.3 is 0 Å². The highest BCUT2D eigenvalue weighted by atomic mass is 16.6. The van der Waals surface area contributed by atoms with Gasteiger partial charge in [-0.15, -0.1) is 0 Å². The molecule has 0 bridgehead atoms. The number of ether oxygens (including phenoxy) is 2. The van der Waals surface area contributed by atoms with Crippen LogP contribution in [0.25, 0.3) is 10.9 Å². The molecule has 2 heterocycles. The fourth-order valence-electron chi connectivity index (χ4n) is 2.78. The molecule has 1 aromatic carbocycles. The quantitative estimate of drug-likeness (QED) is 0.811. The fraction of sp³-hybridized carbons (Fsp3) is 0.471. The lowest BCUT2D eigenvalue weighted by atomic mass is 10.1. The second kappa shape index (κ2) is 7.48. The van der Waals surface area contributed by atoms with Crippen LogP contribution in [-0.4, -0.2) is 44.2 Å². The number of hydrogen-bond acceptors (Lipinski definition) is 5. The van der Waals surface area contributed by atoms with Crippen LogP contribution in [-0.2, 0) is 4.74 Å². The van der Waals surface area contributed by atoms with Gasteiger partial charge in [0, 0.05) is 36.3 Å². The lowest BCUT2D eigenvalue weighted by molar-refractivity contribution is 0.0722. The second-order valence-corrected chi connectivity index (χ2v) is 5.58. The molecular formula is C17H22N2O4. The molecular weight excluding hydrogens is 296 g/mol. The largest absolute Gasteiger partial charge is 0.494 e. The number of nitrogens with one attached hydrogen (secondary N) is 1. The zero-order valence-corrected chi connectivity index (χ0v) is 13.3. The van der Waals surface area contributed by atoms with E-state index in [1.165, 1.54) is 6.07 Å². The number of hydrogen-bond donors (Lipinski definition) is 1. The van der Waals surface area contributed by atoms with Crippen molar-refractivity contribution >= 4 is 10.9 Å². The van der Waals surface area contributed by atoms with E-state index >= 15 is 0 Å². The van der Waals surface area contributed by atoms with Crippen molar-refractivity contribution < 1.29 is 14.3 Å². The van der Waals surface area contributed by atoms with Crippen LogP contribution < -0.4 is 20.3 Å². The van der Waals surface area contributed by atoms with Gasteiger partial charge in [0.1, 0.15) is 12.9 Å². The standard InChI is InChI=1S/C17H22N2O4/c1-21-19-8-6-17(20)15-5-4-14(11-16(15)19)23-9-2-3-13-12-22-10-7-18-13/h4-6,8,11,13,18H,2-3,7,9-10,12H2,1H3. The molecule has 1 aliphatic rings. The van der Waals surface area contributed by atoms with E-state index in [1.54, 1.807) is 24.1 Å². The highest BCUT2D eigenvalue weighted by Crippen LogP contribution is 2.18. The van der Waals surface area contributed by atoms with Crippen molar-refractivity contribution in [2.75, 3.05) is 33.5 Å². The molecule has 0 spiro atoms. The highest BCUT2D eigenvalue weighted by Gasteiger charge is 2.12. The van der Waals surface area contributed by atoms with Gasteiger partial charge in [-0.05, 0) is 25.0 Å². The Bertz CT molecular complexity index is 707. The first kappa shape index (κ1) is 15.8. The Morgan fingerprint density at radius 1 is 1.39 bits per heavy atom. The lowest BCUT2D eigenvalue weighted by Crippen LogP contribution is -2.41. The molecule has 2 aromatic rings. The SMILES string of the molecule is COn1ccc(=O)c2ccc(OCCCC3COCCN3)cc21. The monoisotopic (exact) mass is 318 g/mol. The van der Waals surface area contributed by atoms with Gasteiger partial charge < -0.3 is 19.6 Å². The summed E-state index contributed by atoms with van der Waals surface area (Å²) in [6.45, 7) is 3.12. The Morgan fingerprint density at radius 2 is 2.30 bits per heavy atom. The topological polar surface area (TPSA) is 61.7 Å². The van der Waals surface area contributed by atoms with E-state index in [2.05, 4.69) is 5.32 Å².